The predicted molar refractivity (Wildman–Crippen MR) is 111 cm³/mol. The van der Waals surface area contributed by atoms with Gasteiger partial charge in [0.15, 0.2) is 0 Å². The van der Waals surface area contributed by atoms with E-state index in [-0.39, 0.29) is 18.2 Å². The molecule has 2 amide bonds. The number of nitrogen functional groups attached to an aromatic ring is 1. The maximum absolute atomic E-state index is 12.3. The minimum absolute atomic E-state index is 0.139. The molecular weight excluding hydrogens is 354 g/mol. The first-order chi connectivity index (χ1) is 13.5. The lowest BCUT2D eigenvalue weighted by Gasteiger charge is -2.09. The quantitative estimate of drug-likeness (QED) is 0.573. The summed E-state index contributed by atoms with van der Waals surface area (Å²) in [6, 6.07) is 21.1. The molecule has 3 aromatic rings. The van der Waals surface area contributed by atoms with Crippen molar-refractivity contribution in [2.75, 3.05) is 23.5 Å². The van der Waals surface area contributed by atoms with E-state index in [1.807, 2.05) is 24.3 Å². The Morgan fingerprint density at radius 1 is 0.893 bits per heavy atom. The fraction of sp³-hybridized carbons (Fsp3) is 0.0909. The summed E-state index contributed by atoms with van der Waals surface area (Å²) in [7, 11) is 1.60. The Balaban J connectivity index is 1.58. The average molecular weight is 375 g/mol. The van der Waals surface area contributed by atoms with Crippen LogP contribution in [0.25, 0.3) is 0 Å². The monoisotopic (exact) mass is 375 g/mol. The molecule has 6 heteroatoms. The van der Waals surface area contributed by atoms with Gasteiger partial charge in [-0.3, -0.25) is 9.59 Å². The Morgan fingerprint density at radius 3 is 2.21 bits per heavy atom. The first-order valence-corrected chi connectivity index (χ1v) is 8.74. The number of anilines is 3. The Bertz CT molecular complexity index is 967. The SMILES string of the molecule is COc1ccc(CC(=O)Nc2ccc(C(=O)Nc3ccccc3N)cc2)cc1. The maximum atomic E-state index is 12.3. The summed E-state index contributed by atoms with van der Waals surface area (Å²) in [4.78, 5) is 24.5. The fourth-order valence-electron chi connectivity index (χ4n) is 2.64. The van der Waals surface area contributed by atoms with Crippen LogP contribution in [-0.4, -0.2) is 18.9 Å². The van der Waals surface area contributed by atoms with Crippen molar-refractivity contribution in [3.8, 4) is 5.75 Å². The van der Waals surface area contributed by atoms with Gasteiger partial charge >= 0.3 is 0 Å². The molecule has 0 radical (unpaired) electrons. The van der Waals surface area contributed by atoms with Gasteiger partial charge in [-0.2, -0.15) is 0 Å². The Morgan fingerprint density at radius 2 is 1.57 bits per heavy atom. The second-order valence-electron chi connectivity index (χ2n) is 6.19. The lowest BCUT2D eigenvalue weighted by molar-refractivity contribution is -0.115. The summed E-state index contributed by atoms with van der Waals surface area (Å²) in [6.07, 6.45) is 0.250. The average Bonchev–Trinajstić information content (AvgIpc) is 2.71. The van der Waals surface area contributed by atoms with Crippen molar-refractivity contribution in [3.05, 3.63) is 83.9 Å². The fourth-order valence-corrected chi connectivity index (χ4v) is 2.64. The van der Waals surface area contributed by atoms with E-state index < -0.39 is 0 Å². The van der Waals surface area contributed by atoms with Gasteiger partial charge in [-0.15, -0.1) is 0 Å². The number of nitrogens with two attached hydrogens (primary N) is 1. The molecular formula is C22H21N3O3. The van der Waals surface area contributed by atoms with Crippen LogP contribution >= 0.6 is 0 Å². The van der Waals surface area contributed by atoms with Gasteiger partial charge in [0.25, 0.3) is 5.91 Å². The van der Waals surface area contributed by atoms with E-state index in [2.05, 4.69) is 10.6 Å². The van der Waals surface area contributed by atoms with Crippen molar-refractivity contribution in [2.24, 2.45) is 0 Å². The lowest BCUT2D eigenvalue weighted by Crippen LogP contribution is -2.15. The second-order valence-corrected chi connectivity index (χ2v) is 6.19. The van der Waals surface area contributed by atoms with Gasteiger partial charge in [0, 0.05) is 11.3 Å². The molecule has 3 aromatic carbocycles. The van der Waals surface area contributed by atoms with E-state index in [1.165, 1.54) is 0 Å². The molecule has 0 aliphatic rings. The number of para-hydroxylation sites is 2. The van der Waals surface area contributed by atoms with Crippen molar-refractivity contribution >= 4 is 28.9 Å². The topological polar surface area (TPSA) is 93.4 Å². The number of amides is 2. The Hall–Kier alpha value is -3.80. The normalized spacial score (nSPS) is 10.2. The largest absolute Gasteiger partial charge is 0.497 e. The van der Waals surface area contributed by atoms with Gasteiger partial charge in [0.05, 0.1) is 24.9 Å². The van der Waals surface area contributed by atoms with E-state index >= 15 is 0 Å². The molecule has 28 heavy (non-hydrogen) atoms. The van der Waals surface area contributed by atoms with Crippen molar-refractivity contribution in [2.45, 2.75) is 6.42 Å². The summed E-state index contributed by atoms with van der Waals surface area (Å²) < 4.78 is 5.10. The molecule has 0 fully saturated rings. The van der Waals surface area contributed by atoms with Crippen LogP contribution in [0.1, 0.15) is 15.9 Å². The van der Waals surface area contributed by atoms with Crippen LogP contribution in [0.5, 0.6) is 5.75 Å². The molecule has 0 aliphatic carbocycles. The summed E-state index contributed by atoms with van der Waals surface area (Å²) >= 11 is 0. The molecule has 6 nitrogen and oxygen atoms in total. The van der Waals surface area contributed by atoms with Crippen molar-refractivity contribution in [3.63, 3.8) is 0 Å². The molecule has 0 bridgehead atoms. The van der Waals surface area contributed by atoms with Crippen LogP contribution in [0, 0.1) is 0 Å². The number of hydrogen-bond donors (Lipinski definition) is 3. The number of rotatable bonds is 6. The standard InChI is InChI=1S/C22H21N3O3/c1-28-18-12-6-15(7-13-18)14-21(26)24-17-10-8-16(9-11-17)22(27)25-20-5-3-2-4-19(20)23/h2-13H,14,23H2,1H3,(H,24,26)(H,25,27). The van der Waals surface area contributed by atoms with E-state index in [0.717, 1.165) is 11.3 Å². The van der Waals surface area contributed by atoms with E-state index in [4.69, 9.17) is 10.5 Å². The van der Waals surface area contributed by atoms with Crippen LogP contribution in [-0.2, 0) is 11.2 Å². The highest BCUT2D eigenvalue weighted by Crippen LogP contribution is 2.19. The molecule has 4 N–H and O–H groups in total. The Labute approximate surface area is 163 Å². The maximum Gasteiger partial charge on any atom is 0.255 e. The summed E-state index contributed by atoms with van der Waals surface area (Å²) in [5.41, 5.74) is 8.87. The zero-order valence-electron chi connectivity index (χ0n) is 15.4. The molecule has 0 heterocycles. The molecule has 0 atom stereocenters. The number of nitrogens with one attached hydrogen (secondary N) is 2. The van der Waals surface area contributed by atoms with Gasteiger partial charge < -0.3 is 21.1 Å². The lowest BCUT2D eigenvalue weighted by atomic mass is 10.1. The van der Waals surface area contributed by atoms with E-state index in [1.54, 1.807) is 55.6 Å². The van der Waals surface area contributed by atoms with Crippen molar-refractivity contribution in [1.82, 2.24) is 0 Å². The van der Waals surface area contributed by atoms with Crippen molar-refractivity contribution in [1.29, 1.82) is 0 Å². The van der Waals surface area contributed by atoms with E-state index in [0.29, 0.717) is 22.6 Å². The van der Waals surface area contributed by atoms with Crippen molar-refractivity contribution < 1.29 is 14.3 Å². The number of ether oxygens (including phenoxy) is 1. The molecule has 0 saturated carbocycles. The first-order valence-electron chi connectivity index (χ1n) is 8.74. The van der Waals surface area contributed by atoms with Crippen LogP contribution < -0.4 is 21.1 Å². The van der Waals surface area contributed by atoms with Crippen LogP contribution in [0.15, 0.2) is 72.8 Å². The predicted octanol–water partition coefficient (Wildman–Crippen LogP) is 3.71. The number of benzene rings is 3. The molecule has 3 rings (SSSR count). The number of carbonyl (C=O) groups excluding carboxylic acids is 2. The number of methoxy groups -OCH3 is 1. The molecule has 0 aromatic heterocycles. The highest BCUT2D eigenvalue weighted by atomic mass is 16.5. The zero-order chi connectivity index (χ0) is 19.9. The van der Waals surface area contributed by atoms with Gasteiger partial charge in [0.2, 0.25) is 5.91 Å². The van der Waals surface area contributed by atoms with Crippen LogP contribution in [0.4, 0.5) is 17.1 Å². The zero-order valence-corrected chi connectivity index (χ0v) is 15.4. The number of hydrogen-bond acceptors (Lipinski definition) is 4. The molecule has 0 spiro atoms. The van der Waals surface area contributed by atoms with E-state index in [9.17, 15) is 9.59 Å². The molecule has 0 saturated heterocycles. The molecule has 142 valence electrons. The molecule has 0 aliphatic heterocycles. The first kappa shape index (κ1) is 19.0. The number of carbonyl (C=O) groups is 2. The van der Waals surface area contributed by atoms with Crippen LogP contribution in [0.2, 0.25) is 0 Å². The third-order valence-electron chi connectivity index (χ3n) is 4.16. The minimum atomic E-state index is -0.269. The summed E-state index contributed by atoms with van der Waals surface area (Å²) in [6.45, 7) is 0. The Kier molecular flexibility index (Phi) is 5.91. The third-order valence-corrected chi connectivity index (χ3v) is 4.16. The third kappa shape index (κ3) is 4.88. The van der Waals surface area contributed by atoms with Gasteiger partial charge in [-0.25, -0.2) is 0 Å². The van der Waals surface area contributed by atoms with Gasteiger partial charge in [0.1, 0.15) is 5.75 Å². The minimum Gasteiger partial charge on any atom is -0.497 e. The van der Waals surface area contributed by atoms with Gasteiger partial charge in [-0.05, 0) is 54.1 Å². The highest BCUT2D eigenvalue weighted by molar-refractivity contribution is 6.06. The van der Waals surface area contributed by atoms with Crippen LogP contribution in [0.3, 0.4) is 0 Å². The second kappa shape index (κ2) is 8.73. The van der Waals surface area contributed by atoms with Gasteiger partial charge in [-0.1, -0.05) is 24.3 Å². The highest BCUT2D eigenvalue weighted by Gasteiger charge is 2.09. The summed E-state index contributed by atoms with van der Waals surface area (Å²) in [5.74, 6) is 0.337. The summed E-state index contributed by atoms with van der Waals surface area (Å²) in [5, 5.41) is 5.59. The smallest absolute Gasteiger partial charge is 0.255 e. The molecule has 0 unspecified atom stereocenters.